The van der Waals surface area contributed by atoms with Gasteiger partial charge in [-0.3, -0.25) is 9.89 Å². The topological polar surface area (TPSA) is 73.8 Å². The zero-order valence-corrected chi connectivity index (χ0v) is 19.0. The molecule has 2 N–H and O–H groups in total. The summed E-state index contributed by atoms with van der Waals surface area (Å²) in [5, 5.41) is 6.70. The molecular formula is C17H35IN4O2S. The van der Waals surface area contributed by atoms with Crippen LogP contribution in [0.4, 0.5) is 0 Å². The van der Waals surface area contributed by atoms with Crippen molar-refractivity contribution in [2.45, 2.75) is 58.0 Å². The second-order valence-electron chi connectivity index (χ2n) is 7.46. The van der Waals surface area contributed by atoms with Crippen molar-refractivity contribution in [3.63, 3.8) is 0 Å². The van der Waals surface area contributed by atoms with Crippen molar-refractivity contribution >= 4 is 39.8 Å². The van der Waals surface area contributed by atoms with Crippen LogP contribution >= 0.6 is 24.0 Å². The third-order valence-electron chi connectivity index (χ3n) is 5.15. The molecule has 0 aromatic heterocycles. The van der Waals surface area contributed by atoms with E-state index < -0.39 is 9.84 Å². The van der Waals surface area contributed by atoms with Crippen LogP contribution in [0.25, 0.3) is 0 Å². The highest BCUT2D eigenvalue weighted by Crippen LogP contribution is 2.17. The Morgan fingerprint density at radius 2 is 1.84 bits per heavy atom. The molecule has 148 valence electrons. The molecule has 0 radical (unpaired) electrons. The van der Waals surface area contributed by atoms with Gasteiger partial charge in [0.2, 0.25) is 0 Å². The van der Waals surface area contributed by atoms with Gasteiger partial charge >= 0.3 is 0 Å². The molecule has 6 nitrogen and oxygen atoms in total. The zero-order chi connectivity index (χ0) is 17.6. The molecule has 2 aliphatic heterocycles. The van der Waals surface area contributed by atoms with E-state index >= 15 is 0 Å². The summed E-state index contributed by atoms with van der Waals surface area (Å²) in [6, 6.07) is 0.464. The van der Waals surface area contributed by atoms with Gasteiger partial charge in [0, 0.05) is 25.7 Å². The number of rotatable bonds is 5. The van der Waals surface area contributed by atoms with Gasteiger partial charge in [0.1, 0.15) is 0 Å². The highest BCUT2D eigenvalue weighted by molar-refractivity contribution is 14.0. The first kappa shape index (κ1) is 23.0. The Bertz CT molecular complexity index is 517. The maximum absolute atomic E-state index is 11.6. The Balaban J connectivity index is 0.00000312. The summed E-state index contributed by atoms with van der Waals surface area (Å²) < 4.78 is 23.2. The van der Waals surface area contributed by atoms with Crippen LogP contribution in [0.2, 0.25) is 0 Å². The second-order valence-corrected chi connectivity index (χ2v) is 9.69. The molecule has 25 heavy (non-hydrogen) atoms. The molecule has 0 spiro atoms. The lowest BCUT2D eigenvalue weighted by Crippen LogP contribution is -2.51. The maximum atomic E-state index is 11.6. The largest absolute Gasteiger partial charge is 0.355 e. The van der Waals surface area contributed by atoms with Gasteiger partial charge in [-0.1, -0.05) is 26.7 Å². The highest BCUT2D eigenvalue weighted by atomic mass is 127. The predicted molar refractivity (Wildman–Crippen MR) is 116 cm³/mol. The summed E-state index contributed by atoms with van der Waals surface area (Å²) in [7, 11) is -1.12. The molecule has 0 bridgehead atoms. The molecular weight excluding hydrogens is 451 g/mol. The monoisotopic (exact) mass is 486 g/mol. The van der Waals surface area contributed by atoms with Gasteiger partial charge in [-0.2, -0.15) is 0 Å². The first-order chi connectivity index (χ1) is 11.4. The van der Waals surface area contributed by atoms with Gasteiger partial charge in [-0.15, -0.1) is 24.0 Å². The third kappa shape index (κ3) is 7.58. The van der Waals surface area contributed by atoms with Gasteiger partial charge in [-0.05, 0) is 38.3 Å². The highest BCUT2D eigenvalue weighted by Gasteiger charge is 2.29. The fourth-order valence-electron chi connectivity index (χ4n) is 3.71. The van der Waals surface area contributed by atoms with Crippen molar-refractivity contribution in [3.8, 4) is 0 Å². The van der Waals surface area contributed by atoms with Crippen LogP contribution in [-0.2, 0) is 9.84 Å². The molecule has 0 aromatic carbocycles. The molecule has 2 rings (SSSR count). The van der Waals surface area contributed by atoms with Crippen LogP contribution in [0.15, 0.2) is 4.99 Å². The smallest absolute Gasteiger partial charge is 0.191 e. The van der Waals surface area contributed by atoms with Crippen molar-refractivity contribution < 1.29 is 8.42 Å². The van der Waals surface area contributed by atoms with Crippen LogP contribution in [0.1, 0.15) is 46.0 Å². The molecule has 8 heteroatoms. The SMILES string of the molecule is CN=C(NCC(C(C)C)N1CCCCCC1)NC1CCS(=O)(=O)C1.I. The zero-order valence-electron chi connectivity index (χ0n) is 15.8. The van der Waals surface area contributed by atoms with E-state index in [1.807, 2.05) is 0 Å². The van der Waals surface area contributed by atoms with Crippen LogP contribution in [0.5, 0.6) is 0 Å². The maximum Gasteiger partial charge on any atom is 0.191 e. The van der Waals surface area contributed by atoms with E-state index in [4.69, 9.17) is 0 Å². The quantitative estimate of drug-likeness (QED) is 0.353. The lowest BCUT2D eigenvalue weighted by molar-refractivity contribution is 0.161. The summed E-state index contributed by atoms with van der Waals surface area (Å²) in [6.45, 7) is 7.75. The van der Waals surface area contributed by atoms with Crippen molar-refractivity contribution in [1.82, 2.24) is 15.5 Å². The first-order valence-corrected chi connectivity index (χ1v) is 11.1. The summed E-state index contributed by atoms with van der Waals surface area (Å²) in [5.74, 6) is 1.79. The first-order valence-electron chi connectivity index (χ1n) is 9.33. The van der Waals surface area contributed by atoms with Gasteiger partial charge in [-0.25, -0.2) is 8.42 Å². The van der Waals surface area contributed by atoms with Crippen LogP contribution in [0, 0.1) is 5.92 Å². The van der Waals surface area contributed by atoms with Crippen molar-refractivity contribution in [2.75, 3.05) is 38.2 Å². The minimum absolute atomic E-state index is 0. The Kier molecular flexibility index (Phi) is 10.0. The lowest BCUT2D eigenvalue weighted by Gasteiger charge is -2.34. The molecule has 2 heterocycles. The minimum Gasteiger partial charge on any atom is -0.355 e. The summed E-state index contributed by atoms with van der Waals surface area (Å²) in [5.41, 5.74) is 0. The molecule has 2 fully saturated rings. The van der Waals surface area contributed by atoms with E-state index in [2.05, 4.69) is 34.4 Å². The van der Waals surface area contributed by atoms with Gasteiger partial charge in [0.15, 0.2) is 15.8 Å². The molecule has 2 unspecified atom stereocenters. The Labute approximate surface area is 170 Å². The normalized spacial score (nSPS) is 25.9. The Hall–Kier alpha value is -0.0900. The number of hydrogen-bond donors (Lipinski definition) is 2. The molecule has 0 amide bonds. The van der Waals surface area contributed by atoms with Crippen molar-refractivity contribution in [3.05, 3.63) is 0 Å². The lowest BCUT2D eigenvalue weighted by atomic mass is 10.0. The molecule has 2 aliphatic rings. The number of halogens is 1. The van der Waals surface area contributed by atoms with Crippen molar-refractivity contribution in [2.24, 2.45) is 10.9 Å². The molecule has 2 atom stereocenters. The van der Waals surface area contributed by atoms with E-state index in [0.29, 0.717) is 18.4 Å². The van der Waals surface area contributed by atoms with Crippen molar-refractivity contribution in [1.29, 1.82) is 0 Å². The van der Waals surface area contributed by atoms with E-state index in [1.54, 1.807) is 7.05 Å². The van der Waals surface area contributed by atoms with Crippen LogP contribution in [-0.4, -0.2) is 69.5 Å². The summed E-state index contributed by atoms with van der Waals surface area (Å²) in [6.07, 6.45) is 5.93. The fourth-order valence-corrected chi connectivity index (χ4v) is 5.38. The van der Waals surface area contributed by atoms with Crippen LogP contribution < -0.4 is 10.6 Å². The van der Waals surface area contributed by atoms with Gasteiger partial charge in [0.05, 0.1) is 11.5 Å². The number of hydrogen-bond acceptors (Lipinski definition) is 4. The van der Waals surface area contributed by atoms with E-state index in [9.17, 15) is 8.42 Å². The standard InChI is InChI=1S/C17H34N4O2S.HI/c1-14(2)16(21-9-6-4-5-7-10-21)12-19-17(18-3)20-15-8-11-24(22,23)13-15;/h14-16H,4-13H2,1-3H3,(H2,18,19,20);1H. The molecule has 0 aromatic rings. The predicted octanol–water partition coefficient (Wildman–Crippen LogP) is 1.86. The Morgan fingerprint density at radius 1 is 1.20 bits per heavy atom. The Morgan fingerprint density at radius 3 is 2.32 bits per heavy atom. The third-order valence-corrected chi connectivity index (χ3v) is 6.92. The number of nitrogens with one attached hydrogen (secondary N) is 2. The average molecular weight is 486 g/mol. The molecule has 2 saturated heterocycles. The van der Waals surface area contributed by atoms with Crippen LogP contribution in [0.3, 0.4) is 0 Å². The number of guanidine groups is 1. The average Bonchev–Trinajstić information content (AvgIpc) is 2.73. The molecule has 0 aliphatic carbocycles. The van der Waals surface area contributed by atoms with Gasteiger partial charge < -0.3 is 10.6 Å². The summed E-state index contributed by atoms with van der Waals surface area (Å²) >= 11 is 0. The number of nitrogens with zero attached hydrogens (tertiary/aromatic N) is 2. The number of aliphatic imine (C=N–C) groups is 1. The van der Waals surface area contributed by atoms with E-state index in [0.717, 1.165) is 12.5 Å². The second kappa shape index (κ2) is 10.9. The van der Waals surface area contributed by atoms with E-state index in [1.165, 1.54) is 38.8 Å². The van der Waals surface area contributed by atoms with Gasteiger partial charge in [0.25, 0.3) is 0 Å². The fraction of sp³-hybridized carbons (Fsp3) is 0.941. The van der Waals surface area contributed by atoms with E-state index in [-0.39, 0.29) is 41.5 Å². The summed E-state index contributed by atoms with van der Waals surface area (Å²) in [4.78, 5) is 6.88. The number of likely N-dealkylation sites (tertiary alicyclic amines) is 1. The molecule has 0 saturated carbocycles. The minimum atomic E-state index is -2.87. The number of sulfone groups is 1.